The van der Waals surface area contributed by atoms with Crippen LogP contribution in [0.4, 0.5) is 30.4 Å². The van der Waals surface area contributed by atoms with Crippen LogP contribution in [-0.4, -0.2) is 55.0 Å². The van der Waals surface area contributed by atoms with E-state index in [-0.39, 0.29) is 16.6 Å². The van der Waals surface area contributed by atoms with E-state index in [1.807, 2.05) is 0 Å². The molecule has 0 aliphatic carbocycles. The molecule has 0 aliphatic rings. The van der Waals surface area contributed by atoms with Crippen molar-refractivity contribution in [3.8, 4) is 0 Å². The fourth-order valence-electron chi connectivity index (χ4n) is 2.58. The van der Waals surface area contributed by atoms with Crippen LogP contribution >= 0.6 is 22.9 Å². The van der Waals surface area contributed by atoms with E-state index >= 15 is 4.39 Å². The molecule has 0 aromatic carbocycles. The third-order valence-corrected chi connectivity index (χ3v) is 4.75. The summed E-state index contributed by atoms with van der Waals surface area (Å²) >= 11 is 7.38. The molecule has 0 bridgehead atoms. The van der Waals surface area contributed by atoms with Gasteiger partial charge < -0.3 is 19.5 Å². The molecule has 0 aliphatic heterocycles. The highest BCUT2D eigenvalue weighted by Crippen LogP contribution is 2.30. The van der Waals surface area contributed by atoms with E-state index in [0.29, 0.717) is 5.01 Å². The van der Waals surface area contributed by atoms with E-state index in [1.54, 1.807) is 73.9 Å². The van der Waals surface area contributed by atoms with Crippen LogP contribution in [-0.2, 0) is 20.8 Å². The third-order valence-electron chi connectivity index (χ3n) is 3.80. The number of halogens is 2. The van der Waals surface area contributed by atoms with Gasteiger partial charge in [0, 0.05) is 11.6 Å². The van der Waals surface area contributed by atoms with Crippen LogP contribution in [0.2, 0.25) is 5.28 Å². The molecule has 38 heavy (non-hydrogen) atoms. The minimum Gasteiger partial charge on any atom is -0.442 e. The molecule has 2 rings (SSSR count). The fourth-order valence-corrected chi connectivity index (χ4v) is 3.30. The Bertz CT molecular complexity index is 1130. The Kier molecular flexibility index (Phi) is 9.48. The number of hydrazine groups is 1. The predicted octanol–water partition coefficient (Wildman–Crippen LogP) is 6.17. The lowest BCUT2D eigenvalue weighted by atomic mass is 10.2. The second kappa shape index (κ2) is 11.6. The Labute approximate surface area is 229 Å². The summed E-state index contributed by atoms with van der Waals surface area (Å²) in [5.74, 6) is -2.50. The summed E-state index contributed by atoms with van der Waals surface area (Å²) in [7, 11) is 0. The first-order valence-corrected chi connectivity index (χ1v) is 12.7. The van der Waals surface area contributed by atoms with Crippen molar-refractivity contribution in [2.24, 2.45) is 0 Å². The molecule has 2 aromatic rings. The lowest BCUT2D eigenvalue weighted by Gasteiger charge is -2.35. The van der Waals surface area contributed by atoms with Crippen LogP contribution in [0.5, 0.6) is 0 Å². The molecule has 0 atom stereocenters. The van der Waals surface area contributed by atoms with Crippen molar-refractivity contribution in [2.75, 3.05) is 10.3 Å². The number of carbonyl (C=O) groups is 3. The maximum atomic E-state index is 15.8. The van der Waals surface area contributed by atoms with E-state index in [9.17, 15) is 14.4 Å². The first-order valence-electron chi connectivity index (χ1n) is 11.4. The van der Waals surface area contributed by atoms with Crippen molar-refractivity contribution < 1.29 is 33.0 Å². The van der Waals surface area contributed by atoms with Gasteiger partial charge in [0.25, 0.3) is 0 Å². The molecule has 0 spiro atoms. The summed E-state index contributed by atoms with van der Waals surface area (Å²) in [5, 5.41) is 4.99. The average Bonchev–Trinajstić information content (AvgIpc) is 3.21. The number of hydrogen-bond acceptors (Lipinski definition) is 11. The predicted molar refractivity (Wildman–Crippen MR) is 139 cm³/mol. The topological polar surface area (TPSA) is 136 Å². The Morgan fingerprint density at radius 2 is 1.42 bits per heavy atom. The Morgan fingerprint density at radius 1 is 0.921 bits per heavy atom. The van der Waals surface area contributed by atoms with E-state index in [2.05, 4.69) is 20.3 Å². The minimum atomic E-state index is -1.36. The van der Waals surface area contributed by atoms with Gasteiger partial charge in [0.2, 0.25) is 16.9 Å². The summed E-state index contributed by atoms with van der Waals surface area (Å²) in [6.45, 7) is 13.9. The minimum absolute atomic E-state index is 0.0651. The van der Waals surface area contributed by atoms with Crippen molar-refractivity contribution in [1.82, 2.24) is 20.0 Å². The molecule has 0 saturated carbocycles. The quantitative estimate of drug-likeness (QED) is 0.256. The number of carbonyl (C=O) groups excluding carboxylic acids is 3. The van der Waals surface area contributed by atoms with E-state index in [4.69, 9.17) is 25.8 Å². The van der Waals surface area contributed by atoms with E-state index in [0.717, 1.165) is 0 Å². The molecule has 0 saturated heterocycles. The second-order valence-corrected chi connectivity index (χ2v) is 12.1. The van der Waals surface area contributed by atoms with Gasteiger partial charge in [0.15, 0.2) is 5.82 Å². The zero-order chi connectivity index (χ0) is 29.1. The van der Waals surface area contributed by atoms with Gasteiger partial charge in [0.05, 0.1) is 6.54 Å². The van der Waals surface area contributed by atoms with Crippen LogP contribution in [0.3, 0.4) is 0 Å². The number of nitrogens with zero attached hydrogens (tertiary/aromatic N) is 5. The van der Waals surface area contributed by atoms with Crippen LogP contribution in [0.1, 0.15) is 67.3 Å². The second-order valence-electron chi connectivity index (χ2n) is 10.8. The monoisotopic (exact) mass is 574 g/mol. The van der Waals surface area contributed by atoms with Gasteiger partial charge in [-0.05, 0) is 73.9 Å². The zero-order valence-electron chi connectivity index (χ0n) is 22.7. The summed E-state index contributed by atoms with van der Waals surface area (Å²) in [6, 6.07) is 0. The number of nitrogens with one attached hydrogen (secondary N) is 1. The standard InChI is InChI=1S/C23H32ClFN6O6S/c1-21(2,3)35-18(32)30(31(19(33)36-22(4,5)6)20(34)37-23(7,8)9)16-14(25)15(28-17(24)29-16)27-12-13-26-10-11-38-13/h10-11H,12H2,1-9H3,(H,27,28,29). The van der Waals surface area contributed by atoms with Crippen LogP contribution in [0.15, 0.2) is 11.6 Å². The number of anilines is 2. The highest BCUT2D eigenvalue weighted by Gasteiger charge is 2.43. The van der Waals surface area contributed by atoms with Crippen molar-refractivity contribution in [3.63, 3.8) is 0 Å². The number of imide groups is 1. The van der Waals surface area contributed by atoms with Gasteiger partial charge in [-0.25, -0.2) is 19.4 Å². The van der Waals surface area contributed by atoms with Crippen molar-refractivity contribution in [3.05, 3.63) is 27.7 Å². The Hall–Kier alpha value is -3.26. The molecule has 15 heteroatoms. The molecule has 0 radical (unpaired) electrons. The molecule has 2 heterocycles. The molecule has 0 unspecified atom stereocenters. The van der Waals surface area contributed by atoms with Gasteiger partial charge in [-0.15, -0.1) is 21.4 Å². The first-order chi connectivity index (χ1) is 17.3. The summed E-state index contributed by atoms with van der Waals surface area (Å²) in [6.07, 6.45) is -2.48. The maximum Gasteiger partial charge on any atom is 0.440 e. The smallest absolute Gasteiger partial charge is 0.440 e. The van der Waals surface area contributed by atoms with Crippen LogP contribution in [0.25, 0.3) is 0 Å². The van der Waals surface area contributed by atoms with Gasteiger partial charge in [-0.2, -0.15) is 14.4 Å². The number of hydrogen-bond donors (Lipinski definition) is 1. The molecule has 12 nitrogen and oxygen atoms in total. The van der Waals surface area contributed by atoms with Crippen molar-refractivity contribution in [2.45, 2.75) is 85.7 Å². The van der Waals surface area contributed by atoms with E-state index in [1.165, 1.54) is 11.3 Å². The summed E-state index contributed by atoms with van der Waals surface area (Å²) in [5.41, 5.74) is -3.35. The third kappa shape index (κ3) is 9.24. The molecule has 0 fully saturated rings. The number of rotatable bonds is 4. The van der Waals surface area contributed by atoms with Crippen molar-refractivity contribution >= 4 is 52.9 Å². The Morgan fingerprint density at radius 3 is 1.87 bits per heavy atom. The van der Waals surface area contributed by atoms with Crippen LogP contribution < -0.4 is 10.3 Å². The summed E-state index contributed by atoms with van der Waals surface area (Å²) in [4.78, 5) is 51.7. The number of aromatic nitrogens is 3. The molecular formula is C23H32ClFN6O6S. The summed E-state index contributed by atoms with van der Waals surface area (Å²) < 4.78 is 31.9. The largest absolute Gasteiger partial charge is 0.442 e. The van der Waals surface area contributed by atoms with Crippen molar-refractivity contribution in [1.29, 1.82) is 0 Å². The molecule has 1 N–H and O–H groups in total. The lowest BCUT2D eigenvalue weighted by Crippen LogP contribution is -2.57. The molecule has 210 valence electrons. The highest BCUT2D eigenvalue weighted by atomic mass is 35.5. The normalized spacial score (nSPS) is 12.0. The Balaban J connectivity index is 2.70. The number of thiazole rings is 1. The number of ether oxygens (including phenoxy) is 3. The van der Waals surface area contributed by atoms with E-state index < -0.39 is 57.8 Å². The molecular weight excluding hydrogens is 543 g/mol. The molecule has 3 amide bonds. The van der Waals surface area contributed by atoms with Gasteiger partial charge >= 0.3 is 18.3 Å². The van der Waals surface area contributed by atoms with Gasteiger partial charge in [0.1, 0.15) is 21.8 Å². The SMILES string of the molecule is CC(C)(C)OC(=O)N(C(=O)OC(C)(C)C)N(C(=O)OC(C)(C)C)c1nc(Cl)nc(NCc2nccs2)c1F. The maximum absolute atomic E-state index is 15.8. The molecule has 2 aromatic heterocycles. The zero-order valence-corrected chi connectivity index (χ0v) is 24.3. The highest BCUT2D eigenvalue weighted by molar-refractivity contribution is 7.09. The number of amides is 3. The van der Waals surface area contributed by atoms with Crippen LogP contribution in [0, 0.1) is 5.82 Å². The van der Waals surface area contributed by atoms with Gasteiger partial charge in [-0.1, -0.05) is 0 Å². The lowest BCUT2D eigenvalue weighted by molar-refractivity contribution is -0.00704. The fraction of sp³-hybridized carbons (Fsp3) is 0.565. The van der Waals surface area contributed by atoms with Gasteiger partial charge in [-0.3, -0.25) is 0 Å². The average molecular weight is 575 g/mol. The first kappa shape index (κ1) is 31.0.